The Labute approximate surface area is 75.5 Å². The second-order valence-corrected chi connectivity index (χ2v) is 3.13. The minimum Gasteiger partial charge on any atom is -0.411 e. The van der Waals surface area contributed by atoms with Crippen LogP contribution in [0.15, 0.2) is 22.4 Å². The topological polar surface area (TPSA) is 45.5 Å². The van der Waals surface area contributed by atoms with Gasteiger partial charge in [0.15, 0.2) is 0 Å². The Morgan fingerprint density at radius 3 is 2.92 bits per heavy atom. The molecule has 0 spiro atoms. The highest BCUT2D eigenvalue weighted by atomic mass is 32.2. The summed E-state index contributed by atoms with van der Waals surface area (Å²) in [4.78, 5) is 4.18. The van der Waals surface area contributed by atoms with Gasteiger partial charge in [-0.1, -0.05) is 5.16 Å². The quantitative estimate of drug-likeness (QED) is 0.329. The molecule has 1 aromatic rings. The van der Waals surface area contributed by atoms with Crippen molar-refractivity contribution < 1.29 is 5.21 Å². The fraction of sp³-hybridized carbons (Fsp3) is 0.250. The van der Waals surface area contributed by atoms with Crippen LogP contribution in [0.25, 0.3) is 0 Å². The summed E-state index contributed by atoms with van der Waals surface area (Å²) >= 11 is 1.60. The van der Waals surface area contributed by atoms with E-state index in [1.165, 1.54) is 6.21 Å². The van der Waals surface area contributed by atoms with Crippen molar-refractivity contribution in [1.82, 2.24) is 4.98 Å². The summed E-state index contributed by atoms with van der Waals surface area (Å²) in [6.45, 7) is 1.98. The van der Waals surface area contributed by atoms with Crippen molar-refractivity contribution in [2.24, 2.45) is 5.16 Å². The van der Waals surface area contributed by atoms with Crippen molar-refractivity contribution in [3.8, 4) is 0 Å². The lowest BCUT2D eigenvalue weighted by molar-refractivity contribution is 0.322. The summed E-state index contributed by atoms with van der Waals surface area (Å²) in [5.74, 6) is 0. The predicted molar refractivity (Wildman–Crippen MR) is 50.1 cm³/mol. The van der Waals surface area contributed by atoms with Gasteiger partial charge in [-0.2, -0.15) is 0 Å². The zero-order chi connectivity index (χ0) is 8.97. The standard InChI is InChI=1S/C8H10N2OS/c1-6-3-7(5-10-11)4-9-8(6)12-2/h3-5,11H,1-2H3. The van der Waals surface area contributed by atoms with Crippen LogP contribution in [-0.2, 0) is 0 Å². The lowest BCUT2D eigenvalue weighted by Crippen LogP contribution is -1.89. The van der Waals surface area contributed by atoms with Gasteiger partial charge >= 0.3 is 0 Å². The molecule has 0 fully saturated rings. The third kappa shape index (κ3) is 1.98. The zero-order valence-electron chi connectivity index (χ0n) is 6.98. The van der Waals surface area contributed by atoms with E-state index in [0.717, 1.165) is 16.2 Å². The molecule has 1 rings (SSSR count). The highest BCUT2D eigenvalue weighted by Gasteiger charge is 1.97. The lowest BCUT2D eigenvalue weighted by Gasteiger charge is -2.00. The highest BCUT2D eigenvalue weighted by molar-refractivity contribution is 7.98. The molecule has 3 nitrogen and oxygen atoms in total. The molecular weight excluding hydrogens is 172 g/mol. The van der Waals surface area contributed by atoms with Gasteiger partial charge in [0.2, 0.25) is 0 Å². The van der Waals surface area contributed by atoms with Crippen LogP contribution in [0.4, 0.5) is 0 Å². The number of hydrogen-bond acceptors (Lipinski definition) is 4. The fourth-order valence-corrected chi connectivity index (χ4v) is 1.47. The van der Waals surface area contributed by atoms with E-state index >= 15 is 0 Å². The Bertz CT molecular complexity index is 299. The zero-order valence-corrected chi connectivity index (χ0v) is 7.80. The van der Waals surface area contributed by atoms with E-state index in [2.05, 4.69) is 10.1 Å². The smallest absolute Gasteiger partial charge is 0.0986 e. The molecule has 0 aliphatic heterocycles. The van der Waals surface area contributed by atoms with E-state index < -0.39 is 0 Å². The minimum absolute atomic E-state index is 0.813. The van der Waals surface area contributed by atoms with Gasteiger partial charge in [0.1, 0.15) is 0 Å². The van der Waals surface area contributed by atoms with Crippen molar-refractivity contribution in [3.63, 3.8) is 0 Å². The average molecular weight is 182 g/mol. The van der Waals surface area contributed by atoms with Gasteiger partial charge in [-0.3, -0.25) is 0 Å². The number of thioether (sulfide) groups is 1. The van der Waals surface area contributed by atoms with Crippen LogP contribution in [-0.4, -0.2) is 22.7 Å². The third-order valence-corrected chi connectivity index (χ3v) is 2.27. The maximum atomic E-state index is 8.27. The van der Waals surface area contributed by atoms with Crippen molar-refractivity contribution in [2.75, 3.05) is 6.26 Å². The molecule has 0 aromatic carbocycles. The molecule has 0 bridgehead atoms. The Morgan fingerprint density at radius 1 is 1.67 bits per heavy atom. The second kappa shape index (κ2) is 4.11. The van der Waals surface area contributed by atoms with Crippen LogP contribution in [0.5, 0.6) is 0 Å². The van der Waals surface area contributed by atoms with E-state index in [4.69, 9.17) is 5.21 Å². The molecule has 0 radical (unpaired) electrons. The number of hydrogen-bond donors (Lipinski definition) is 1. The van der Waals surface area contributed by atoms with Gasteiger partial charge in [0.25, 0.3) is 0 Å². The third-order valence-electron chi connectivity index (χ3n) is 1.45. The van der Waals surface area contributed by atoms with Crippen LogP contribution in [0.2, 0.25) is 0 Å². The largest absolute Gasteiger partial charge is 0.411 e. The average Bonchev–Trinajstić information content (AvgIpc) is 2.05. The molecule has 0 saturated carbocycles. The summed E-state index contributed by atoms with van der Waals surface area (Å²) in [6.07, 6.45) is 5.03. The van der Waals surface area contributed by atoms with Crippen LogP contribution < -0.4 is 0 Å². The summed E-state index contributed by atoms with van der Waals surface area (Å²) < 4.78 is 0. The highest BCUT2D eigenvalue weighted by Crippen LogP contribution is 2.16. The normalized spacial score (nSPS) is 10.8. The molecule has 4 heteroatoms. The molecule has 0 atom stereocenters. The number of rotatable bonds is 2. The molecule has 0 unspecified atom stereocenters. The molecule has 1 heterocycles. The molecule has 0 aliphatic rings. The van der Waals surface area contributed by atoms with E-state index in [-0.39, 0.29) is 0 Å². The van der Waals surface area contributed by atoms with Gasteiger partial charge in [0.05, 0.1) is 11.2 Å². The summed E-state index contributed by atoms with van der Waals surface area (Å²) in [6, 6.07) is 1.93. The van der Waals surface area contributed by atoms with Gasteiger partial charge in [-0.25, -0.2) is 4.98 Å². The summed E-state index contributed by atoms with van der Waals surface area (Å²) in [7, 11) is 0. The van der Waals surface area contributed by atoms with E-state index in [1.807, 2.05) is 19.2 Å². The predicted octanol–water partition coefficient (Wildman–Crippen LogP) is 1.92. The molecule has 1 N–H and O–H groups in total. The number of aromatic nitrogens is 1. The van der Waals surface area contributed by atoms with Crippen LogP contribution in [0.1, 0.15) is 11.1 Å². The molecule has 0 amide bonds. The second-order valence-electron chi connectivity index (χ2n) is 2.34. The molecule has 12 heavy (non-hydrogen) atoms. The Balaban J connectivity index is 3.01. The lowest BCUT2D eigenvalue weighted by atomic mass is 10.2. The molecule has 1 aromatic heterocycles. The molecule has 0 saturated heterocycles. The van der Waals surface area contributed by atoms with Crippen molar-refractivity contribution in [1.29, 1.82) is 0 Å². The Kier molecular flexibility index (Phi) is 3.10. The number of pyridine rings is 1. The van der Waals surface area contributed by atoms with E-state index in [0.29, 0.717) is 0 Å². The molecule has 0 aliphatic carbocycles. The summed E-state index contributed by atoms with van der Waals surface area (Å²) in [5, 5.41) is 12.2. The van der Waals surface area contributed by atoms with Crippen LogP contribution in [0.3, 0.4) is 0 Å². The van der Waals surface area contributed by atoms with Gasteiger partial charge in [-0.15, -0.1) is 11.8 Å². The van der Waals surface area contributed by atoms with Gasteiger partial charge in [-0.05, 0) is 24.8 Å². The van der Waals surface area contributed by atoms with Crippen molar-refractivity contribution >= 4 is 18.0 Å². The van der Waals surface area contributed by atoms with Gasteiger partial charge < -0.3 is 5.21 Å². The first kappa shape index (κ1) is 9.06. The maximum Gasteiger partial charge on any atom is 0.0986 e. The van der Waals surface area contributed by atoms with Crippen molar-refractivity contribution in [3.05, 3.63) is 23.4 Å². The Morgan fingerprint density at radius 2 is 2.42 bits per heavy atom. The number of aryl methyl sites for hydroxylation is 1. The first-order chi connectivity index (χ1) is 5.77. The first-order valence-corrected chi connectivity index (χ1v) is 4.68. The van der Waals surface area contributed by atoms with Crippen LogP contribution in [0, 0.1) is 6.92 Å². The van der Waals surface area contributed by atoms with Gasteiger partial charge in [0, 0.05) is 11.8 Å². The first-order valence-electron chi connectivity index (χ1n) is 3.46. The number of nitrogens with zero attached hydrogens (tertiary/aromatic N) is 2. The minimum atomic E-state index is 0.813. The van der Waals surface area contributed by atoms with E-state index in [1.54, 1.807) is 18.0 Å². The van der Waals surface area contributed by atoms with Crippen molar-refractivity contribution in [2.45, 2.75) is 11.9 Å². The fourth-order valence-electron chi connectivity index (χ4n) is 0.935. The SMILES string of the molecule is CSc1ncc(C=NO)cc1C. The van der Waals surface area contributed by atoms with Crippen LogP contribution >= 0.6 is 11.8 Å². The molecular formula is C8H10N2OS. The molecule has 64 valence electrons. The summed E-state index contributed by atoms with van der Waals surface area (Å²) in [5.41, 5.74) is 1.91. The monoisotopic (exact) mass is 182 g/mol. The maximum absolute atomic E-state index is 8.27. The Hall–Kier alpha value is -1.03. The number of oxime groups is 1. The van der Waals surface area contributed by atoms with E-state index in [9.17, 15) is 0 Å².